The van der Waals surface area contributed by atoms with Crippen LogP contribution in [0.4, 0.5) is 5.82 Å². The average molecular weight is 335 g/mol. The van der Waals surface area contributed by atoms with Gasteiger partial charge in [0.25, 0.3) is 0 Å². The highest BCUT2D eigenvalue weighted by atomic mass is 79.9. The Balaban J connectivity index is 2.09. The first kappa shape index (κ1) is 14.5. The summed E-state index contributed by atoms with van der Waals surface area (Å²) >= 11 is 3.32. The summed E-state index contributed by atoms with van der Waals surface area (Å²) in [7, 11) is 3.33. The number of carbonyl (C=O) groups excluding carboxylic acids is 1. The topological polar surface area (TPSA) is 42.4 Å². The highest BCUT2D eigenvalue weighted by Gasteiger charge is 2.13. The summed E-state index contributed by atoms with van der Waals surface area (Å²) in [5.74, 6) is 1.36. The maximum Gasteiger partial charge on any atom is 0.232 e. The zero-order chi connectivity index (χ0) is 14.5. The molecule has 0 radical (unpaired) electrons. The molecule has 0 N–H and O–H groups in total. The van der Waals surface area contributed by atoms with Gasteiger partial charge in [-0.25, -0.2) is 4.98 Å². The normalized spacial score (nSPS) is 10.2. The van der Waals surface area contributed by atoms with Crippen LogP contribution in [0.25, 0.3) is 0 Å². The number of hydrogen-bond acceptors (Lipinski definition) is 3. The van der Waals surface area contributed by atoms with E-state index in [1.54, 1.807) is 31.3 Å². The Labute approximate surface area is 126 Å². The van der Waals surface area contributed by atoms with Gasteiger partial charge in [-0.05, 0) is 45.8 Å². The third-order valence-corrected chi connectivity index (χ3v) is 3.39. The zero-order valence-electron chi connectivity index (χ0n) is 11.3. The lowest BCUT2D eigenvalue weighted by molar-refractivity contribution is -0.117. The van der Waals surface area contributed by atoms with Crippen molar-refractivity contribution in [1.82, 2.24) is 4.98 Å². The van der Waals surface area contributed by atoms with Gasteiger partial charge in [0.1, 0.15) is 11.6 Å². The van der Waals surface area contributed by atoms with Crippen LogP contribution < -0.4 is 9.64 Å². The van der Waals surface area contributed by atoms with E-state index in [2.05, 4.69) is 20.9 Å². The Bertz CT molecular complexity index is 599. The van der Waals surface area contributed by atoms with E-state index in [0.717, 1.165) is 15.8 Å². The van der Waals surface area contributed by atoms with Crippen molar-refractivity contribution in [2.45, 2.75) is 6.42 Å². The molecule has 5 heteroatoms. The standard InChI is InChI=1S/C15H15BrN2O2/c1-18(14-7-6-12(16)10-17-14)15(19)9-11-4-3-5-13(8-11)20-2/h3-8,10H,9H2,1-2H3. The molecule has 0 aliphatic heterocycles. The Kier molecular flexibility index (Phi) is 4.74. The molecular formula is C15H15BrN2O2. The van der Waals surface area contributed by atoms with Crippen LogP contribution in [0.15, 0.2) is 47.1 Å². The third-order valence-electron chi connectivity index (χ3n) is 2.92. The van der Waals surface area contributed by atoms with Crippen molar-refractivity contribution in [3.05, 3.63) is 52.6 Å². The Morgan fingerprint density at radius 3 is 2.80 bits per heavy atom. The number of carbonyl (C=O) groups is 1. The van der Waals surface area contributed by atoms with Crippen molar-refractivity contribution in [2.24, 2.45) is 0 Å². The van der Waals surface area contributed by atoms with Crippen LogP contribution in [-0.2, 0) is 11.2 Å². The molecule has 0 atom stereocenters. The van der Waals surface area contributed by atoms with E-state index in [1.807, 2.05) is 30.3 Å². The summed E-state index contributed by atoms with van der Waals surface area (Å²) < 4.78 is 6.04. The number of benzene rings is 1. The van der Waals surface area contributed by atoms with E-state index >= 15 is 0 Å². The van der Waals surface area contributed by atoms with E-state index in [0.29, 0.717) is 12.2 Å². The molecule has 1 aromatic carbocycles. The Morgan fingerprint density at radius 2 is 2.15 bits per heavy atom. The largest absolute Gasteiger partial charge is 0.497 e. The Hall–Kier alpha value is -1.88. The lowest BCUT2D eigenvalue weighted by atomic mass is 10.1. The van der Waals surface area contributed by atoms with Crippen molar-refractivity contribution in [2.75, 3.05) is 19.1 Å². The maximum absolute atomic E-state index is 12.2. The zero-order valence-corrected chi connectivity index (χ0v) is 12.9. The summed E-state index contributed by atoms with van der Waals surface area (Å²) in [6.45, 7) is 0. The number of anilines is 1. The fourth-order valence-corrected chi connectivity index (χ4v) is 2.00. The van der Waals surface area contributed by atoms with E-state index in [-0.39, 0.29) is 5.91 Å². The van der Waals surface area contributed by atoms with E-state index < -0.39 is 0 Å². The quantitative estimate of drug-likeness (QED) is 0.862. The van der Waals surface area contributed by atoms with Crippen LogP contribution >= 0.6 is 15.9 Å². The van der Waals surface area contributed by atoms with Crippen LogP contribution in [0.3, 0.4) is 0 Å². The van der Waals surface area contributed by atoms with Gasteiger partial charge in [-0.1, -0.05) is 12.1 Å². The number of halogens is 1. The number of hydrogen-bond donors (Lipinski definition) is 0. The molecule has 0 fully saturated rings. The molecule has 0 bridgehead atoms. The van der Waals surface area contributed by atoms with Gasteiger partial charge in [0.15, 0.2) is 0 Å². The van der Waals surface area contributed by atoms with Gasteiger partial charge >= 0.3 is 0 Å². The van der Waals surface area contributed by atoms with E-state index in [9.17, 15) is 4.79 Å². The predicted molar refractivity (Wildman–Crippen MR) is 82.0 cm³/mol. The fourth-order valence-electron chi connectivity index (χ4n) is 1.77. The number of likely N-dealkylation sites (N-methyl/N-ethyl adjacent to an activating group) is 1. The molecule has 2 rings (SSSR count). The summed E-state index contributed by atoms with van der Waals surface area (Å²) in [6, 6.07) is 11.2. The van der Waals surface area contributed by atoms with Gasteiger partial charge in [0.05, 0.1) is 13.5 Å². The molecule has 104 valence electrons. The molecule has 0 aliphatic rings. The number of amides is 1. The molecule has 20 heavy (non-hydrogen) atoms. The monoisotopic (exact) mass is 334 g/mol. The molecule has 1 aromatic heterocycles. The number of nitrogens with zero attached hydrogens (tertiary/aromatic N) is 2. The second-order valence-electron chi connectivity index (χ2n) is 4.32. The molecular weight excluding hydrogens is 320 g/mol. The van der Waals surface area contributed by atoms with Crippen LogP contribution in [0.2, 0.25) is 0 Å². The van der Waals surface area contributed by atoms with Gasteiger partial charge in [-0.15, -0.1) is 0 Å². The van der Waals surface area contributed by atoms with Crippen molar-refractivity contribution in [1.29, 1.82) is 0 Å². The molecule has 0 unspecified atom stereocenters. The second-order valence-corrected chi connectivity index (χ2v) is 5.23. The number of rotatable bonds is 4. The molecule has 0 spiro atoms. The maximum atomic E-state index is 12.2. The van der Waals surface area contributed by atoms with E-state index in [1.165, 1.54) is 0 Å². The minimum Gasteiger partial charge on any atom is -0.497 e. The van der Waals surface area contributed by atoms with Crippen LogP contribution in [-0.4, -0.2) is 25.0 Å². The fraction of sp³-hybridized carbons (Fsp3) is 0.200. The van der Waals surface area contributed by atoms with Crippen LogP contribution in [0.5, 0.6) is 5.75 Å². The Morgan fingerprint density at radius 1 is 1.35 bits per heavy atom. The number of methoxy groups -OCH3 is 1. The van der Waals surface area contributed by atoms with Crippen LogP contribution in [0, 0.1) is 0 Å². The van der Waals surface area contributed by atoms with Gasteiger partial charge in [0.2, 0.25) is 5.91 Å². The first-order valence-corrected chi connectivity index (χ1v) is 6.90. The highest BCUT2D eigenvalue weighted by Crippen LogP contribution is 2.16. The van der Waals surface area contributed by atoms with Gasteiger partial charge in [0, 0.05) is 17.7 Å². The minimum atomic E-state index is -0.0203. The van der Waals surface area contributed by atoms with Gasteiger partial charge in [-0.2, -0.15) is 0 Å². The summed E-state index contributed by atoms with van der Waals surface area (Å²) in [5, 5.41) is 0. The molecule has 0 saturated carbocycles. The first-order chi connectivity index (χ1) is 9.60. The molecule has 4 nitrogen and oxygen atoms in total. The van der Waals surface area contributed by atoms with Crippen LogP contribution in [0.1, 0.15) is 5.56 Å². The SMILES string of the molecule is COc1cccc(CC(=O)N(C)c2ccc(Br)cn2)c1. The number of pyridine rings is 1. The number of ether oxygens (including phenoxy) is 1. The van der Waals surface area contributed by atoms with Crippen molar-refractivity contribution < 1.29 is 9.53 Å². The summed E-state index contributed by atoms with van der Waals surface area (Å²) in [4.78, 5) is 18.0. The first-order valence-electron chi connectivity index (χ1n) is 6.11. The lowest BCUT2D eigenvalue weighted by Gasteiger charge is -2.16. The smallest absolute Gasteiger partial charge is 0.232 e. The second kappa shape index (κ2) is 6.52. The minimum absolute atomic E-state index is 0.0203. The average Bonchev–Trinajstić information content (AvgIpc) is 2.47. The molecule has 1 amide bonds. The molecule has 0 saturated heterocycles. The highest BCUT2D eigenvalue weighted by molar-refractivity contribution is 9.10. The van der Waals surface area contributed by atoms with Crippen molar-refractivity contribution in [3.63, 3.8) is 0 Å². The van der Waals surface area contributed by atoms with Gasteiger partial charge < -0.3 is 4.74 Å². The summed E-state index contributed by atoms with van der Waals surface area (Å²) in [6.07, 6.45) is 1.98. The molecule has 0 aliphatic carbocycles. The molecule has 1 heterocycles. The van der Waals surface area contributed by atoms with E-state index in [4.69, 9.17) is 4.74 Å². The van der Waals surface area contributed by atoms with Gasteiger partial charge in [-0.3, -0.25) is 9.69 Å². The van der Waals surface area contributed by atoms with Crippen molar-refractivity contribution in [3.8, 4) is 5.75 Å². The summed E-state index contributed by atoms with van der Waals surface area (Å²) in [5.41, 5.74) is 0.915. The molecule has 2 aromatic rings. The number of aromatic nitrogens is 1. The lowest BCUT2D eigenvalue weighted by Crippen LogP contribution is -2.28. The van der Waals surface area contributed by atoms with Crippen molar-refractivity contribution >= 4 is 27.7 Å². The third kappa shape index (κ3) is 3.57. The predicted octanol–water partition coefficient (Wildman–Crippen LogP) is 3.06.